The number of carbonyl (C=O) groups excluding carboxylic acids is 2. The third-order valence-corrected chi connectivity index (χ3v) is 9.30. The van der Waals surface area contributed by atoms with E-state index >= 15 is 0 Å². The Morgan fingerprint density at radius 2 is 1.58 bits per heavy atom. The summed E-state index contributed by atoms with van der Waals surface area (Å²) >= 11 is 9.73. The highest BCUT2D eigenvalue weighted by Crippen LogP contribution is 2.28. The molecule has 224 valence electrons. The molecule has 0 aliphatic heterocycles. The number of nitrogens with zero attached hydrogens (tertiary/aromatic N) is 2. The average Bonchev–Trinajstić information content (AvgIpc) is 3.01. The lowest BCUT2D eigenvalue weighted by Crippen LogP contribution is -2.53. The van der Waals surface area contributed by atoms with Crippen LogP contribution in [0.1, 0.15) is 11.1 Å². The maximum atomic E-state index is 14.3. The Kier molecular flexibility index (Phi) is 10.8. The van der Waals surface area contributed by atoms with Gasteiger partial charge in [-0.25, -0.2) is 8.42 Å². The van der Waals surface area contributed by atoms with E-state index in [9.17, 15) is 18.0 Å². The molecule has 0 bridgehead atoms. The fraction of sp³-hybridized carbons (Fsp3) is 0.188. The quantitative estimate of drug-likeness (QED) is 0.207. The van der Waals surface area contributed by atoms with Crippen molar-refractivity contribution in [3.05, 3.63) is 124 Å². The summed E-state index contributed by atoms with van der Waals surface area (Å²) in [6.45, 7) is -0.514. The van der Waals surface area contributed by atoms with Crippen molar-refractivity contribution in [3.8, 4) is 5.75 Å². The molecule has 0 aliphatic rings. The second-order valence-electron chi connectivity index (χ2n) is 9.64. The van der Waals surface area contributed by atoms with Crippen molar-refractivity contribution in [2.45, 2.75) is 23.9 Å². The predicted octanol–water partition coefficient (Wildman–Crippen LogP) is 5.69. The molecule has 8 nitrogen and oxygen atoms in total. The lowest BCUT2D eigenvalue weighted by Gasteiger charge is -2.33. The van der Waals surface area contributed by atoms with E-state index < -0.39 is 28.5 Å². The average molecular weight is 685 g/mol. The molecular formula is C32H31BrClN3O5S. The number of anilines is 1. The molecule has 0 heterocycles. The van der Waals surface area contributed by atoms with Crippen molar-refractivity contribution >= 4 is 55.1 Å². The van der Waals surface area contributed by atoms with E-state index in [0.717, 1.165) is 19.9 Å². The molecule has 2 amide bonds. The molecule has 0 radical (unpaired) electrons. The van der Waals surface area contributed by atoms with Crippen LogP contribution in [0.4, 0.5) is 5.69 Å². The molecule has 0 saturated heterocycles. The van der Waals surface area contributed by atoms with Crippen LogP contribution >= 0.6 is 27.5 Å². The number of carbonyl (C=O) groups is 2. The van der Waals surface area contributed by atoms with E-state index in [1.165, 1.54) is 49.4 Å². The summed E-state index contributed by atoms with van der Waals surface area (Å²) in [6, 6.07) is 28.0. The molecule has 4 aromatic carbocycles. The van der Waals surface area contributed by atoms with Crippen molar-refractivity contribution in [3.63, 3.8) is 0 Å². The molecule has 4 rings (SSSR count). The van der Waals surface area contributed by atoms with Gasteiger partial charge in [0, 0.05) is 29.5 Å². The third-order valence-electron chi connectivity index (χ3n) is 6.78. The van der Waals surface area contributed by atoms with Gasteiger partial charge in [0.25, 0.3) is 10.0 Å². The van der Waals surface area contributed by atoms with Crippen molar-refractivity contribution in [1.82, 2.24) is 10.2 Å². The molecule has 43 heavy (non-hydrogen) atoms. The first-order valence-corrected chi connectivity index (χ1v) is 15.9. The predicted molar refractivity (Wildman–Crippen MR) is 172 cm³/mol. The van der Waals surface area contributed by atoms with Gasteiger partial charge in [-0.05, 0) is 65.7 Å². The number of methoxy groups -OCH3 is 1. The summed E-state index contributed by atoms with van der Waals surface area (Å²) < 4.78 is 35.1. The van der Waals surface area contributed by atoms with E-state index in [-0.39, 0.29) is 29.5 Å². The van der Waals surface area contributed by atoms with Crippen molar-refractivity contribution in [2.24, 2.45) is 0 Å². The fourth-order valence-corrected chi connectivity index (χ4v) is 6.62. The molecule has 0 aliphatic carbocycles. The molecule has 11 heteroatoms. The monoisotopic (exact) mass is 683 g/mol. The molecular weight excluding hydrogens is 654 g/mol. The second-order valence-corrected chi connectivity index (χ2v) is 12.9. The summed E-state index contributed by atoms with van der Waals surface area (Å²) in [6.07, 6.45) is 0.225. The van der Waals surface area contributed by atoms with Gasteiger partial charge in [-0.3, -0.25) is 13.9 Å². The van der Waals surface area contributed by atoms with E-state index in [0.29, 0.717) is 10.8 Å². The van der Waals surface area contributed by atoms with Crippen LogP contribution < -0.4 is 14.4 Å². The minimum absolute atomic E-state index is 0.0354. The maximum Gasteiger partial charge on any atom is 0.264 e. The Morgan fingerprint density at radius 1 is 0.907 bits per heavy atom. The number of sulfonamides is 1. The fourth-order valence-electron chi connectivity index (χ4n) is 4.59. The molecule has 0 aromatic heterocycles. The van der Waals surface area contributed by atoms with Gasteiger partial charge >= 0.3 is 0 Å². The molecule has 0 fully saturated rings. The number of nitrogens with one attached hydrogen (secondary N) is 1. The maximum absolute atomic E-state index is 14.3. The topological polar surface area (TPSA) is 96.0 Å². The number of halogens is 2. The van der Waals surface area contributed by atoms with E-state index in [1.54, 1.807) is 18.2 Å². The Balaban J connectivity index is 1.79. The molecule has 1 N–H and O–H groups in total. The van der Waals surface area contributed by atoms with Crippen LogP contribution in [0.5, 0.6) is 5.75 Å². The minimum atomic E-state index is -4.25. The number of amides is 2. The van der Waals surface area contributed by atoms with Crippen molar-refractivity contribution in [2.75, 3.05) is 25.0 Å². The van der Waals surface area contributed by atoms with Gasteiger partial charge in [-0.2, -0.15) is 0 Å². The number of benzene rings is 4. The zero-order chi connectivity index (χ0) is 31.0. The number of hydrogen-bond donors (Lipinski definition) is 1. The normalized spacial score (nSPS) is 11.8. The smallest absolute Gasteiger partial charge is 0.264 e. The first kappa shape index (κ1) is 32.1. The van der Waals surface area contributed by atoms with E-state index in [4.69, 9.17) is 16.3 Å². The van der Waals surface area contributed by atoms with Gasteiger partial charge in [0.1, 0.15) is 18.3 Å². The molecule has 0 saturated carbocycles. The van der Waals surface area contributed by atoms with Gasteiger partial charge in [0.15, 0.2) is 0 Å². The van der Waals surface area contributed by atoms with E-state index in [2.05, 4.69) is 21.2 Å². The number of hydrogen-bond acceptors (Lipinski definition) is 5. The summed E-state index contributed by atoms with van der Waals surface area (Å²) in [5.74, 6) is -0.458. The Hall–Kier alpha value is -3.86. The van der Waals surface area contributed by atoms with Crippen LogP contribution in [-0.2, 0) is 32.6 Å². The van der Waals surface area contributed by atoms with Gasteiger partial charge in [0.2, 0.25) is 11.8 Å². The lowest BCUT2D eigenvalue weighted by atomic mass is 10.0. The first-order valence-electron chi connectivity index (χ1n) is 13.3. The Morgan fingerprint density at radius 3 is 2.21 bits per heavy atom. The van der Waals surface area contributed by atoms with Gasteiger partial charge in [-0.15, -0.1) is 0 Å². The Bertz CT molecular complexity index is 1670. The zero-order valence-electron chi connectivity index (χ0n) is 23.6. The standard InChI is InChI=1S/C32H31BrClN3O5S/c1-35-32(39)30(19-23-8-4-3-5-9-23)36(21-24-10-6-11-25(33)18-24)31(38)22-37(27-13-7-12-26(34)20-27)43(40,41)29-16-14-28(42-2)15-17-29/h3-18,20,30H,19,21-22H2,1-2H3,(H,35,39). The highest BCUT2D eigenvalue weighted by molar-refractivity contribution is 9.10. The zero-order valence-corrected chi connectivity index (χ0v) is 26.8. The van der Waals surface area contributed by atoms with Crippen LogP contribution in [-0.4, -0.2) is 51.9 Å². The molecule has 4 aromatic rings. The summed E-state index contributed by atoms with van der Waals surface area (Å²) in [7, 11) is -1.26. The SMILES string of the molecule is CNC(=O)C(Cc1ccccc1)N(Cc1cccc(Br)c1)C(=O)CN(c1cccc(Cl)c1)S(=O)(=O)c1ccc(OC)cc1. The molecule has 0 spiro atoms. The highest BCUT2D eigenvalue weighted by Gasteiger charge is 2.34. The van der Waals surface area contributed by atoms with E-state index in [1.807, 2.05) is 54.6 Å². The van der Waals surface area contributed by atoms with Crippen LogP contribution in [0, 0.1) is 0 Å². The second kappa shape index (κ2) is 14.5. The van der Waals surface area contributed by atoms with Crippen molar-refractivity contribution in [1.29, 1.82) is 0 Å². The van der Waals surface area contributed by atoms with Crippen LogP contribution in [0.2, 0.25) is 5.02 Å². The van der Waals surface area contributed by atoms with Crippen LogP contribution in [0.25, 0.3) is 0 Å². The summed E-state index contributed by atoms with van der Waals surface area (Å²) in [5.41, 5.74) is 1.82. The van der Waals surface area contributed by atoms with Gasteiger partial charge in [-0.1, -0.05) is 76.1 Å². The number of likely N-dealkylation sites (N-methyl/N-ethyl adjacent to an activating group) is 1. The lowest BCUT2D eigenvalue weighted by molar-refractivity contribution is -0.139. The first-order chi connectivity index (χ1) is 20.6. The minimum Gasteiger partial charge on any atom is -0.497 e. The molecule has 1 atom stereocenters. The number of rotatable bonds is 12. The van der Waals surface area contributed by atoms with Gasteiger partial charge < -0.3 is 15.0 Å². The Labute approximate surface area is 265 Å². The van der Waals surface area contributed by atoms with Gasteiger partial charge in [0.05, 0.1) is 17.7 Å². The molecule has 1 unspecified atom stereocenters. The van der Waals surface area contributed by atoms with Crippen LogP contribution in [0.15, 0.2) is 112 Å². The summed E-state index contributed by atoms with van der Waals surface area (Å²) in [5, 5.41) is 2.98. The third kappa shape index (κ3) is 8.16. The number of ether oxygens (including phenoxy) is 1. The highest BCUT2D eigenvalue weighted by atomic mass is 79.9. The van der Waals surface area contributed by atoms with Crippen molar-refractivity contribution < 1.29 is 22.7 Å². The largest absolute Gasteiger partial charge is 0.497 e. The van der Waals surface area contributed by atoms with Crippen LogP contribution in [0.3, 0.4) is 0 Å². The summed E-state index contributed by atoms with van der Waals surface area (Å²) in [4.78, 5) is 29.0.